The van der Waals surface area contributed by atoms with Crippen molar-refractivity contribution in [3.05, 3.63) is 0 Å². The molecule has 0 radical (unpaired) electrons. The van der Waals surface area contributed by atoms with Crippen molar-refractivity contribution >= 4 is 51.0 Å². The van der Waals surface area contributed by atoms with E-state index in [2.05, 4.69) is 44.0 Å². The number of aliphatic imine (C=N–C) groups is 1. The van der Waals surface area contributed by atoms with E-state index in [4.69, 9.17) is 0 Å². The third kappa shape index (κ3) is 18.1. The average Bonchev–Trinajstić information content (AvgIpc) is 2.00. The Bertz CT molecular complexity index is 233. The Kier molecular flexibility index (Phi) is 10.2. The molecule has 1 N–H and O–H groups in total. The number of nitrogens with zero attached hydrogens (tertiary/aromatic N) is 1. The Morgan fingerprint density at radius 2 is 1.86 bits per heavy atom. The molecule has 1 amide bonds. The molecule has 0 aliphatic heterocycles. The van der Waals surface area contributed by atoms with E-state index >= 15 is 0 Å². The summed E-state index contributed by atoms with van der Waals surface area (Å²) in [7, 11) is 1.71. The molecule has 0 rings (SSSR count). The van der Waals surface area contributed by atoms with E-state index in [9.17, 15) is 9.36 Å². The topological polar surface area (TPSA) is 58.5 Å². The van der Waals surface area contributed by atoms with Crippen molar-refractivity contribution in [2.75, 3.05) is 7.05 Å². The lowest BCUT2D eigenvalue weighted by Gasteiger charge is -2.07. The zero-order valence-electron chi connectivity index (χ0n) is 8.00. The first-order chi connectivity index (χ1) is 6.22. The van der Waals surface area contributed by atoms with Gasteiger partial charge in [-0.2, -0.15) is 0 Å². The summed E-state index contributed by atoms with van der Waals surface area (Å²) in [5, 5.41) is -0.637. The first-order valence-electron chi connectivity index (χ1n) is 3.54. The molecule has 0 aliphatic carbocycles. The van der Waals surface area contributed by atoms with Crippen LogP contribution in [0.25, 0.3) is 0 Å². The second kappa shape index (κ2) is 8.54. The van der Waals surface area contributed by atoms with Crippen LogP contribution in [0.1, 0.15) is 13.8 Å². The molecule has 0 saturated carbocycles. The van der Waals surface area contributed by atoms with Crippen molar-refractivity contribution in [1.82, 2.24) is 5.32 Å². The number of carbonyl (C=O) groups is 1. The molecule has 0 aromatic heterocycles. The molecule has 0 aromatic rings. The van der Waals surface area contributed by atoms with E-state index in [-0.39, 0.29) is 6.04 Å². The average molecular weight is 282 g/mol. The summed E-state index contributed by atoms with van der Waals surface area (Å²) >= 11 is 13.8. The van der Waals surface area contributed by atoms with Gasteiger partial charge in [-0.3, -0.25) is 14.4 Å². The highest BCUT2D eigenvalue weighted by molar-refractivity contribution is 8.24. The molecule has 1 atom stereocenters. The third-order valence-electron chi connectivity index (χ3n) is 1.30. The second-order valence-corrected chi connectivity index (χ2v) is 8.91. The molecule has 84 valence electrons. The molecule has 0 aliphatic rings. The van der Waals surface area contributed by atoms with Crippen LogP contribution < -0.4 is 5.32 Å². The zero-order chi connectivity index (χ0) is 11.8. The van der Waals surface area contributed by atoms with Gasteiger partial charge in [0.05, 0.1) is 6.04 Å². The number of hydrogen-bond acceptors (Lipinski definition) is 3. The van der Waals surface area contributed by atoms with Crippen molar-refractivity contribution < 1.29 is 9.36 Å². The van der Waals surface area contributed by atoms with E-state index in [1.165, 1.54) is 0 Å². The molecule has 1 unspecified atom stereocenters. The van der Waals surface area contributed by atoms with E-state index in [0.29, 0.717) is 6.41 Å². The fourth-order valence-corrected chi connectivity index (χ4v) is 0.416. The molecule has 14 heavy (non-hydrogen) atoms. The Balaban J connectivity index is 0. The highest BCUT2D eigenvalue weighted by atomic mass is 36.0. The van der Waals surface area contributed by atoms with Gasteiger partial charge in [0, 0.05) is 12.8 Å². The molecular weight excluding hydrogens is 269 g/mol. The van der Waals surface area contributed by atoms with Gasteiger partial charge in [-0.15, -0.1) is 0 Å². The van der Waals surface area contributed by atoms with Crippen LogP contribution in [0.2, 0.25) is 0 Å². The summed E-state index contributed by atoms with van der Waals surface area (Å²) < 4.78 is 9.51. The number of halogens is 3. The summed E-state index contributed by atoms with van der Waals surface area (Å²) in [5.41, 5.74) is 0.933. The predicted molar refractivity (Wildman–Crippen MR) is 62.9 cm³/mol. The third-order valence-corrected chi connectivity index (χ3v) is 1.30. The number of rotatable bonds is 3. The van der Waals surface area contributed by atoms with Gasteiger partial charge in [0.1, 0.15) is 0 Å². The van der Waals surface area contributed by atoms with Gasteiger partial charge in [-0.05, 0) is 47.6 Å². The first kappa shape index (κ1) is 16.7. The highest BCUT2D eigenvalue weighted by Gasteiger charge is 2.03. The lowest BCUT2D eigenvalue weighted by atomic mass is 10.2. The molecule has 0 heterocycles. The van der Waals surface area contributed by atoms with Gasteiger partial charge in [-0.1, -0.05) is 0 Å². The lowest BCUT2D eigenvalue weighted by Crippen LogP contribution is -2.30. The number of nitrogens with one attached hydrogen (secondary N) is 1. The fourth-order valence-electron chi connectivity index (χ4n) is 0.416. The van der Waals surface area contributed by atoms with Crippen LogP contribution in [0, 0.1) is 0 Å². The maximum Gasteiger partial charge on any atom is 0.339 e. The van der Waals surface area contributed by atoms with E-state index < -0.39 is 5.20 Å². The predicted octanol–water partition coefficient (Wildman–Crippen LogP) is 3.02. The van der Waals surface area contributed by atoms with E-state index in [1.807, 2.05) is 13.8 Å². The monoisotopic (exact) mass is 280 g/mol. The maximum absolute atomic E-state index is 9.87. The maximum atomic E-state index is 9.87. The standard InChI is InChI=1S/C6H12N2O.Cl3OP/c1-5(7-3)6(2)8-4-9;1-5(2,3)4/h4,6H,1-3H3,(H,8,9);. The summed E-state index contributed by atoms with van der Waals surface area (Å²) in [6.07, 6.45) is 0.680. The van der Waals surface area contributed by atoms with Gasteiger partial charge in [0.25, 0.3) is 0 Å². The largest absolute Gasteiger partial charge is 0.351 e. The molecule has 0 bridgehead atoms. The van der Waals surface area contributed by atoms with Crippen molar-refractivity contribution in [2.45, 2.75) is 19.9 Å². The summed E-state index contributed by atoms with van der Waals surface area (Å²) in [6.45, 7) is 3.76. The molecule has 0 fully saturated rings. The van der Waals surface area contributed by atoms with Crippen molar-refractivity contribution in [1.29, 1.82) is 0 Å². The van der Waals surface area contributed by atoms with Crippen LogP contribution in [0.5, 0.6) is 0 Å². The minimum Gasteiger partial charge on any atom is -0.351 e. The fraction of sp³-hybridized carbons (Fsp3) is 0.667. The molecule has 0 saturated heterocycles. The van der Waals surface area contributed by atoms with Gasteiger partial charge in [-0.25, -0.2) is 0 Å². The summed E-state index contributed by atoms with van der Waals surface area (Å²) in [5.74, 6) is 0. The minimum atomic E-state index is -3.22. The highest BCUT2D eigenvalue weighted by Crippen LogP contribution is 2.61. The molecule has 8 heteroatoms. The van der Waals surface area contributed by atoms with Gasteiger partial charge >= 0.3 is 5.20 Å². The van der Waals surface area contributed by atoms with E-state index in [0.717, 1.165) is 5.71 Å². The molecule has 0 aromatic carbocycles. The normalized spacial score (nSPS) is 13.7. The quantitative estimate of drug-likeness (QED) is 0.491. The Hall–Kier alpha value is 0.240. The van der Waals surface area contributed by atoms with E-state index in [1.54, 1.807) is 7.05 Å². The number of carbonyl (C=O) groups excluding carboxylic acids is 1. The smallest absolute Gasteiger partial charge is 0.339 e. The van der Waals surface area contributed by atoms with Gasteiger partial charge in [0.15, 0.2) is 0 Å². The Labute approximate surface area is 97.8 Å². The summed E-state index contributed by atoms with van der Waals surface area (Å²) in [4.78, 5) is 13.8. The van der Waals surface area contributed by atoms with Crippen molar-refractivity contribution in [3.8, 4) is 0 Å². The Morgan fingerprint density at radius 3 is 2.07 bits per heavy atom. The summed E-state index contributed by atoms with van der Waals surface area (Å²) in [6, 6.07) is 0.0625. The SMILES string of the molecule is CN=C(C)C(C)NC=O.O=P(Cl)(Cl)Cl. The van der Waals surface area contributed by atoms with Crippen molar-refractivity contribution in [2.24, 2.45) is 4.99 Å². The van der Waals surface area contributed by atoms with Gasteiger partial charge in [0.2, 0.25) is 6.41 Å². The Morgan fingerprint density at radius 1 is 1.50 bits per heavy atom. The van der Waals surface area contributed by atoms with Crippen LogP contribution in [0.4, 0.5) is 0 Å². The lowest BCUT2D eigenvalue weighted by molar-refractivity contribution is -0.109. The molecule has 4 nitrogen and oxygen atoms in total. The first-order valence-corrected chi connectivity index (χ1v) is 7.96. The van der Waals surface area contributed by atoms with Crippen LogP contribution in [0.3, 0.4) is 0 Å². The minimum absolute atomic E-state index is 0.0625. The number of hydrogen-bond donors (Lipinski definition) is 1. The van der Waals surface area contributed by atoms with Gasteiger partial charge < -0.3 is 5.32 Å². The molecule has 0 spiro atoms. The van der Waals surface area contributed by atoms with Crippen LogP contribution in [-0.2, 0) is 9.36 Å². The number of amides is 1. The second-order valence-electron chi connectivity index (χ2n) is 2.27. The molecular formula is C6H12Cl3N2O2P. The van der Waals surface area contributed by atoms with Crippen molar-refractivity contribution in [3.63, 3.8) is 0 Å². The van der Waals surface area contributed by atoms with Crippen LogP contribution >= 0.6 is 38.9 Å². The van der Waals surface area contributed by atoms with Crippen LogP contribution in [-0.4, -0.2) is 25.2 Å². The van der Waals surface area contributed by atoms with Crippen LogP contribution in [0.15, 0.2) is 4.99 Å². The zero-order valence-corrected chi connectivity index (χ0v) is 11.2.